The summed E-state index contributed by atoms with van der Waals surface area (Å²) in [4.78, 5) is 15.2. The van der Waals surface area contributed by atoms with E-state index in [1.807, 2.05) is 4.57 Å². The molecule has 24 heavy (non-hydrogen) atoms. The zero-order valence-corrected chi connectivity index (χ0v) is 13.7. The van der Waals surface area contributed by atoms with Gasteiger partial charge in [0.25, 0.3) is 0 Å². The van der Waals surface area contributed by atoms with Crippen LogP contribution >= 0.6 is 0 Å². The molecule has 8 heteroatoms. The van der Waals surface area contributed by atoms with Gasteiger partial charge in [0.15, 0.2) is 11.5 Å². The van der Waals surface area contributed by atoms with Crippen LogP contribution < -0.4 is 11.1 Å². The smallest absolute Gasteiger partial charge is 0.167 e. The van der Waals surface area contributed by atoms with E-state index in [1.165, 1.54) is 32.3 Å². The molecule has 5 rings (SSSR count). The molecule has 3 saturated heterocycles. The van der Waals surface area contributed by atoms with Gasteiger partial charge in [0.2, 0.25) is 0 Å². The summed E-state index contributed by atoms with van der Waals surface area (Å²) in [5.74, 6) is 0.420. The standard InChI is InChI=1S/C16H23N7O/c17-14-13-15(19-9-18-14)23(10-20-13)12-2-1-11(24-12)7-22-6-4-16(8-22)3-5-21-16/h9-12,21H,1-8H2,(H2,17,18,19). The molecular formula is C16H23N7O. The molecule has 0 saturated carbocycles. The first-order chi connectivity index (χ1) is 11.7. The number of imidazole rings is 1. The molecule has 3 N–H and O–H groups in total. The van der Waals surface area contributed by atoms with Gasteiger partial charge in [-0.25, -0.2) is 15.0 Å². The zero-order chi connectivity index (χ0) is 16.1. The molecule has 0 amide bonds. The Morgan fingerprint density at radius 1 is 1.29 bits per heavy atom. The first-order valence-electron chi connectivity index (χ1n) is 8.78. The lowest BCUT2D eigenvalue weighted by atomic mass is 9.87. The van der Waals surface area contributed by atoms with Crippen molar-refractivity contribution < 1.29 is 4.74 Å². The second-order valence-electron chi connectivity index (χ2n) is 7.32. The Bertz CT molecular complexity index is 756. The van der Waals surface area contributed by atoms with Crippen molar-refractivity contribution in [3.05, 3.63) is 12.7 Å². The second kappa shape index (κ2) is 5.37. The predicted octanol–water partition coefficient (Wildman–Crippen LogP) is 0.524. The third kappa shape index (κ3) is 2.28. The molecule has 3 aliphatic heterocycles. The van der Waals surface area contributed by atoms with Gasteiger partial charge in [0, 0.05) is 25.2 Å². The molecular weight excluding hydrogens is 306 g/mol. The Hall–Kier alpha value is -1.77. The molecule has 0 bridgehead atoms. The minimum Gasteiger partial charge on any atom is -0.382 e. The molecule has 2 aromatic rings. The highest BCUT2D eigenvalue weighted by Gasteiger charge is 2.43. The topological polar surface area (TPSA) is 94.1 Å². The number of rotatable bonds is 3. The number of anilines is 1. The number of nitrogen functional groups attached to an aromatic ring is 1. The summed E-state index contributed by atoms with van der Waals surface area (Å²) in [5.41, 5.74) is 7.69. The van der Waals surface area contributed by atoms with Crippen LogP contribution in [0.25, 0.3) is 11.2 Å². The van der Waals surface area contributed by atoms with E-state index in [4.69, 9.17) is 10.5 Å². The largest absolute Gasteiger partial charge is 0.382 e. The Morgan fingerprint density at radius 2 is 2.21 bits per heavy atom. The first-order valence-corrected chi connectivity index (χ1v) is 8.78. The highest BCUT2D eigenvalue weighted by molar-refractivity contribution is 5.81. The molecule has 0 radical (unpaired) electrons. The fourth-order valence-electron chi connectivity index (χ4n) is 4.34. The van der Waals surface area contributed by atoms with Gasteiger partial charge in [-0.05, 0) is 32.2 Å². The lowest BCUT2D eigenvalue weighted by Crippen LogP contribution is -2.58. The summed E-state index contributed by atoms with van der Waals surface area (Å²) in [6.07, 6.45) is 8.17. The molecule has 8 nitrogen and oxygen atoms in total. The number of nitrogens with one attached hydrogen (secondary N) is 1. The Balaban J connectivity index is 1.26. The van der Waals surface area contributed by atoms with Crippen LogP contribution in [-0.4, -0.2) is 62.2 Å². The van der Waals surface area contributed by atoms with E-state index < -0.39 is 0 Å². The molecule has 0 aliphatic carbocycles. The number of hydrogen-bond donors (Lipinski definition) is 2. The Labute approximate surface area is 140 Å². The Morgan fingerprint density at radius 3 is 3.00 bits per heavy atom. The van der Waals surface area contributed by atoms with E-state index in [9.17, 15) is 0 Å². The molecule has 3 fully saturated rings. The van der Waals surface area contributed by atoms with Gasteiger partial charge in [-0.2, -0.15) is 0 Å². The average molecular weight is 329 g/mol. The van der Waals surface area contributed by atoms with Crippen molar-refractivity contribution in [1.29, 1.82) is 0 Å². The van der Waals surface area contributed by atoms with Crippen molar-refractivity contribution in [3.8, 4) is 0 Å². The van der Waals surface area contributed by atoms with Gasteiger partial charge in [-0.15, -0.1) is 0 Å². The monoisotopic (exact) mass is 329 g/mol. The average Bonchev–Trinajstić information content (AvgIpc) is 3.24. The first kappa shape index (κ1) is 14.6. The number of nitrogens with two attached hydrogens (primary N) is 1. The summed E-state index contributed by atoms with van der Waals surface area (Å²) in [7, 11) is 0. The molecule has 0 aromatic carbocycles. The van der Waals surface area contributed by atoms with Crippen LogP contribution in [0.3, 0.4) is 0 Å². The zero-order valence-electron chi connectivity index (χ0n) is 13.7. The summed E-state index contributed by atoms with van der Waals surface area (Å²) < 4.78 is 8.29. The molecule has 5 heterocycles. The fourth-order valence-corrected chi connectivity index (χ4v) is 4.34. The minimum atomic E-state index is -0.00677. The maximum Gasteiger partial charge on any atom is 0.167 e. The number of aromatic nitrogens is 4. The van der Waals surface area contributed by atoms with Crippen molar-refractivity contribution in [2.75, 3.05) is 31.9 Å². The molecule has 3 aliphatic rings. The molecule has 2 aromatic heterocycles. The summed E-state index contributed by atoms with van der Waals surface area (Å²) >= 11 is 0. The highest BCUT2D eigenvalue weighted by Crippen LogP contribution is 2.34. The van der Waals surface area contributed by atoms with Crippen LogP contribution in [0.1, 0.15) is 31.9 Å². The number of hydrogen-bond acceptors (Lipinski definition) is 7. The molecule has 3 unspecified atom stereocenters. The van der Waals surface area contributed by atoms with Gasteiger partial charge >= 0.3 is 0 Å². The third-order valence-electron chi connectivity index (χ3n) is 5.78. The molecule has 1 spiro atoms. The van der Waals surface area contributed by atoms with Crippen LogP contribution in [0.4, 0.5) is 5.82 Å². The van der Waals surface area contributed by atoms with E-state index in [0.29, 0.717) is 16.9 Å². The van der Waals surface area contributed by atoms with Gasteiger partial charge in [0.1, 0.15) is 18.1 Å². The highest BCUT2D eigenvalue weighted by atomic mass is 16.5. The van der Waals surface area contributed by atoms with Crippen molar-refractivity contribution in [2.24, 2.45) is 0 Å². The number of fused-ring (bicyclic) bond motifs is 1. The van der Waals surface area contributed by atoms with Crippen molar-refractivity contribution in [2.45, 2.75) is 43.6 Å². The summed E-state index contributed by atoms with van der Waals surface area (Å²) in [6.45, 7) is 4.53. The van der Waals surface area contributed by atoms with E-state index in [1.54, 1.807) is 6.33 Å². The fraction of sp³-hybridized carbons (Fsp3) is 0.688. The maximum absolute atomic E-state index is 6.30. The predicted molar refractivity (Wildman–Crippen MR) is 89.3 cm³/mol. The third-order valence-corrected chi connectivity index (χ3v) is 5.78. The lowest BCUT2D eigenvalue weighted by Gasteiger charge is -2.40. The van der Waals surface area contributed by atoms with E-state index in [2.05, 4.69) is 25.2 Å². The van der Waals surface area contributed by atoms with Crippen molar-refractivity contribution in [3.63, 3.8) is 0 Å². The lowest BCUT2D eigenvalue weighted by molar-refractivity contribution is -0.0101. The number of ether oxygens (including phenoxy) is 1. The van der Waals surface area contributed by atoms with Crippen molar-refractivity contribution in [1.82, 2.24) is 29.7 Å². The number of nitrogens with zero attached hydrogens (tertiary/aromatic N) is 5. The van der Waals surface area contributed by atoms with E-state index >= 15 is 0 Å². The normalized spacial score (nSPS) is 33.5. The second-order valence-corrected chi connectivity index (χ2v) is 7.32. The van der Waals surface area contributed by atoms with Crippen molar-refractivity contribution >= 4 is 17.0 Å². The minimum absolute atomic E-state index is 0.00677. The molecule has 3 atom stereocenters. The maximum atomic E-state index is 6.30. The SMILES string of the molecule is Nc1ncnc2c1ncn2C1CCC(CN2CCC3(CCN3)C2)O1. The van der Waals surface area contributed by atoms with Crippen LogP contribution in [0, 0.1) is 0 Å². The quantitative estimate of drug-likeness (QED) is 0.848. The summed E-state index contributed by atoms with van der Waals surface area (Å²) in [5, 5.41) is 3.61. The number of likely N-dealkylation sites (tertiary alicyclic amines) is 1. The van der Waals surface area contributed by atoms with Crippen LogP contribution in [0.5, 0.6) is 0 Å². The van der Waals surface area contributed by atoms with E-state index in [-0.39, 0.29) is 12.3 Å². The Kier molecular flexibility index (Phi) is 3.26. The van der Waals surface area contributed by atoms with Crippen LogP contribution in [0.15, 0.2) is 12.7 Å². The van der Waals surface area contributed by atoms with Gasteiger partial charge in [-0.1, -0.05) is 0 Å². The van der Waals surface area contributed by atoms with Crippen LogP contribution in [0.2, 0.25) is 0 Å². The van der Waals surface area contributed by atoms with Gasteiger partial charge in [-0.3, -0.25) is 9.47 Å². The van der Waals surface area contributed by atoms with E-state index in [0.717, 1.165) is 31.6 Å². The van der Waals surface area contributed by atoms with Gasteiger partial charge < -0.3 is 15.8 Å². The molecule has 128 valence electrons. The van der Waals surface area contributed by atoms with Gasteiger partial charge in [0.05, 0.1) is 12.4 Å². The summed E-state index contributed by atoms with van der Waals surface area (Å²) in [6, 6.07) is 0. The van der Waals surface area contributed by atoms with Crippen LogP contribution in [-0.2, 0) is 4.74 Å².